The quantitative estimate of drug-likeness (QED) is 0.650. The van der Waals surface area contributed by atoms with E-state index in [4.69, 9.17) is 4.74 Å². The van der Waals surface area contributed by atoms with Gasteiger partial charge in [0.25, 0.3) is 0 Å². The lowest BCUT2D eigenvalue weighted by Gasteiger charge is -2.08. The average molecular weight is 392 g/mol. The number of halogens is 4. The highest BCUT2D eigenvalue weighted by atomic mass is 79.9. The first-order chi connectivity index (χ1) is 9.06. The first kappa shape index (κ1) is 14.5. The maximum Gasteiger partial charge on any atom is 0.127 e. The summed E-state index contributed by atoms with van der Waals surface area (Å²) in [7, 11) is 0. The van der Waals surface area contributed by atoms with Gasteiger partial charge in [0.2, 0.25) is 0 Å². The molecule has 0 radical (unpaired) electrons. The molecule has 0 aliphatic rings. The third-order valence-corrected chi connectivity index (χ3v) is 3.52. The molecule has 0 spiro atoms. The minimum atomic E-state index is -0.354. The second-order valence-electron chi connectivity index (χ2n) is 4.00. The number of hydrogen-bond acceptors (Lipinski definition) is 1. The SMILES string of the molecule is Fc1cc(Br)cc(COc2cc(F)cc(CBr)c2)c1. The van der Waals surface area contributed by atoms with Crippen molar-refractivity contribution in [1.82, 2.24) is 0 Å². The second-order valence-corrected chi connectivity index (χ2v) is 5.47. The van der Waals surface area contributed by atoms with Gasteiger partial charge < -0.3 is 4.74 Å². The summed E-state index contributed by atoms with van der Waals surface area (Å²) in [5.74, 6) is -0.268. The molecule has 0 bridgehead atoms. The Morgan fingerprint density at radius 3 is 2.26 bits per heavy atom. The Morgan fingerprint density at radius 2 is 1.58 bits per heavy atom. The van der Waals surface area contributed by atoms with Crippen molar-refractivity contribution in [3.63, 3.8) is 0 Å². The standard InChI is InChI=1S/C14H10Br2F2O/c15-7-9-2-13(18)6-14(4-9)19-8-10-1-11(16)5-12(17)3-10/h1-6H,7-8H2. The Labute approximate surface area is 126 Å². The molecule has 2 aromatic rings. The smallest absolute Gasteiger partial charge is 0.127 e. The third kappa shape index (κ3) is 4.28. The number of alkyl halides is 1. The molecule has 0 atom stereocenters. The summed E-state index contributed by atoms with van der Waals surface area (Å²) in [6.45, 7) is 0.182. The molecule has 1 nitrogen and oxygen atoms in total. The highest BCUT2D eigenvalue weighted by Gasteiger charge is 2.03. The molecule has 5 heteroatoms. The van der Waals surface area contributed by atoms with Gasteiger partial charge in [-0.25, -0.2) is 8.78 Å². The highest BCUT2D eigenvalue weighted by Crippen LogP contribution is 2.21. The average Bonchev–Trinajstić information content (AvgIpc) is 2.34. The van der Waals surface area contributed by atoms with Gasteiger partial charge in [-0.05, 0) is 41.5 Å². The predicted octanol–water partition coefficient (Wildman–Crippen LogP) is 5.20. The van der Waals surface area contributed by atoms with Gasteiger partial charge in [0, 0.05) is 15.9 Å². The van der Waals surface area contributed by atoms with E-state index in [0.29, 0.717) is 21.1 Å². The molecule has 0 fully saturated rings. The lowest BCUT2D eigenvalue weighted by molar-refractivity contribution is 0.303. The molecule has 0 aliphatic carbocycles. The van der Waals surface area contributed by atoms with Crippen molar-refractivity contribution in [3.8, 4) is 5.75 Å². The molecule has 0 saturated heterocycles. The first-order valence-corrected chi connectivity index (χ1v) is 7.41. The van der Waals surface area contributed by atoms with Crippen molar-refractivity contribution < 1.29 is 13.5 Å². The van der Waals surface area contributed by atoms with Crippen molar-refractivity contribution in [3.05, 3.63) is 63.6 Å². The van der Waals surface area contributed by atoms with Crippen LogP contribution in [0.1, 0.15) is 11.1 Å². The lowest BCUT2D eigenvalue weighted by atomic mass is 10.2. The topological polar surface area (TPSA) is 9.23 Å². The molecular formula is C14H10Br2F2O. The molecule has 2 aromatic carbocycles. The molecular weight excluding hydrogens is 382 g/mol. The van der Waals surface area contributed by atoms with Gasteiger partial charge in [0.05, 0.1) is 0 Å². The minimum Gasteiger partial charge on any atom is -0.489 e. The second kappa shape index (κ2) is 6.48. The van der Waals surface area contributed by atoms with E-state index < -0.39 is 0 Å². The Kier molecular flexibility index (Phi) is 4.93. The van der Waals surface area contributed by atoms with Gasteiger partial charge in [-0.1, -0.05) is 31.9 Å². The fourth-order valence-electron chi connectivity index (χ4n) is 1.64. The van der Waals surface area contributed by atoms with Gasteiger partial charge in [-0.2, -0.15) is 0 Å². The summed E-state index contributed by atoms with van der Waals surface area (Å²) in [6, 6.07) is 8.99. The minimum absolute atomic E-state index is 0.182. The van der Waals surface area contributed by atoms with Crippen LogP contribution in [-0.2, 0) is 11.9 Å². The number of benzene rings is 2. The molecule has 0 aliphatic heterocycles. The monoisotopic (exact) mass is 390 g/mol. The van der Waals surface area contributed by atoms with Crippen molar-refractivity contribution in [2.24, 2.45) is 0 Å². The Bertz CT molecular complexity index is 567. The fraction of sp³-hybridized carbons (Fsp3) is 0.143. The van der Waals surface area contributed by atoms with E-state index in [1.54, 1.807) is 12.1 Å². The van der Waals surface area contributed by atoms with Crippen LogP contribution in [-0.4, -0.2) is 0 Å². The van der Waals surface area contributed by atoms with Crippen molar-refractivity contribution in [1.29, 1.82) is 0 Å². The summed E-state index contributed by atoms with van der Waals surface area (Å²) in [5, 5.41) is 0.548. The van der Waals surface area contributed by atoms with Gasteiger partial charge in [-0.15, -0.1) is 0 Å². The van der Waals surface area contributed by atoms with Crippen LogP contribution in [0.5, 0.6) is 5.75 Å². The van der Waals surface area contributed by atoms with Gasteiger partial charge in [-0.3, -0.25) is 0 Å². The fourth-order valence-corrected chi connectivity index (χ4v) is 2.48. The van der Waals surface area contributed by atoms with E-state index in [1.165, 1.54) is 24.3 Å². The Morgan fingerprint density at radius 1 is 0.895 bits per heavy atom. The molecule has 0 amide bonds. The molecule has 2 rings (SSSR count). The predicted molar refractivity (Wildman–Crippen MR) is 77.5 cm³/mol. The Balaban J connectivity index is 2.11. The maximum atomic E-state index is 13.3. The van der Waals surface area contributed by atoms with Crippen LogP contribution in [0.3, 0.4) is 0 Å². The maximum absolute atomic E-state index is 13.3. The van der Waals surface area contributed by atoms with E-state index in [0.717, 1.165) is 5.56 Å². The van der Waals surface area contributed by atoms with Crippen molar-refractivity contribution in [2.45, 2.75) is 11.9 Å². The zero-order chi connectivity index (χ0) is 13.8. The zero-order valence-electron chi connectivity index (χ0n) is 9.80. The van der Waals surface area contributed by atoms with Crippen LogP contribution in [0.25, 0.3) is 0 Å². The van der Waals surface area contributed by atoms with Gasteiger partial charge in [0.1, 0.15) is 24.0 Å². The van der Waals surface area contributed by atoms with Crippen LogP contribution in [0.15, 0.2) is 40.9 Å². The summed E-state index contributed by atoms with van der Waals surface area (Å²) in [5.41, 5.74) is 1.46. The van der Waals surface area contributed by atoms with Gasteiger partial charge in [0.15, 0.2) is 0 Å². The van der Waals surface area contributed by atoms with Crippen molar-refractivity contribution in [2.75, 3.05) is 0 Å². The summed E-state index contributed by atoms with van der Waals surface area (Å²) >= 11 is 6.47. The lowest BCUT2D eigenvalue weighted by Crippen LogP contribution is -1.97. The molecule has 0 unspecified atom stereocenters. The third-order valence-electron chi connectivity index (χ3n) is 2.41. The molecule has 0 aromatic heterocycles. The molecule has 0 heterocycles. The van der Waals surface area contributed by atoms with Crippen LogP contribution >= 0.6 is 31.9 Å². The summed E-state index contributed by atoms with van der Waals surface area (Å²) < 4.78 is 32.6. The van der Waals surface area contributed by atoms with Gasteiger partial charge >= 0.3 is 0 Å². The highest BCUT2D eigenvalue weighted by molar-refractivity contribution is 9.10. The van der Waals surface area contributed by atoms with Crippen LogP contribution in [0.2, 0.25) is 0 Å². The number of ether oxygens (including phenoxy) is 1. The van der Waals surface area contributed by atoms with E-state index in [-0.39, 0.29) is 18.2 Å². The van der Waals surface area contributed by atoms with Crippen LogP contribution in [0.4, 0.5) is 8.78 Å². The van der Waals surface area contributed by atoms with Crippen LogP contribution < -0.4 is 4.74 Å². The molecule has 19 heavy (non-hydrogen) atoms. The van der Waals surface area contributed by atoms with E-state index in [2.05, 4.69) is 31.9 Å². The molecule has 0 saturated carbocycles. The molecule has 0 N–H and O–H groups in total. The van der Waals surface area contributed by atoms with Crippen molar-refractivity contribution >= 4 is 31.9 Å². The number of hydrogen-bond donors (Lipinski definition) is 0. The van der Waals surface area contributed by atoms with Crippen LogP contribution in [0, 0.1) is 11.6 Å². The first-order valence-electron chi connectivity index (χ1n) is 5.50. The summed E-state index contributed by atoms with van der Waals surface area (Å²) in [6.07, 6.45) is 0. The Hall–Kier alpha value is -0.940. The summed E-state index contributed by atoms with van der Waals surface area (Å²) in [4.78, 5) is 0. The molecule has 100 valence electrons. The van der Waals surface area contributed by atoms with E-state index in [9.17, 15) is 8.78 Å². The van der Waals surface area contributed by atoms with E-state index >= 15 is 0 Å². The normalized spacial score (nSPS) is 10.5. The van der Waals surface area contributed by atoms with E-state index in [1.807, 2.05) is 0 Å². The largest absolute Gasteiger partial charge is 0.489 e. The zero-order valence-corrected chi connectivity index (χ0v) is 13.0. The number of rotatable bonds is 4.